The lowest BCUT2D eigenvalue weighted by Gasteiger charge is -2.06. The van der Waals surface area contributed by atoms with Crippen molar-refractivity contribution in [2.24, 2.45) is 0 Å². The summed E-state index contributed by atoms with van der Waals surface area (Å²) in [5, 5.41) is 8.54. The molecule has 0 aromatic heterocycles. The Kier molecular flexibility index (Phi) is 11.2. The van der Waals surface area contributed by atoms with Gasteiger partial charge in [0.25, 0.3) is 0 Å². The summed E-state index contributed by atoms with van der Waals surface area (Å²) < 4.78 is 10.4. The summed E-state index contributed by atoms with van der Waals surface area (Å²) in [5.41, 5.74) is 0.956. The first-order valence-corrected chi connectivity index (χ1v) is 9.12. The fourth-order valence-electron chi connectivity index (χ4n) is 2.56. The van der Waals surface area contributed by atoms with Crippen molar-refractivity contribution in [3.8, 4) is 5.75 Å². The van der Waals surface area contributed by atoms with Gasteiger partial charge < -0.3 is 14.6 Å². The van der Waals surface area contributed by atoms with E-state index in [1.165, 1.54) is 0 Å². The number of esters is 1. The number of carbonyl (C=O) groups excluding carboxylic acids is 1. The first-order valence-electron chi connectivity index (χ1n) is 9.12. The van der Waals surface area contributed by atoms with Gasteiger partial charge in [-0.15, -0.1) is 0 Å². The average Bonchev–Trinajstić information content (AvgIpc) is 2.61. The van der Waals surface area contributed by atoms with Crippen molar-refractivity contribution in [3.05, 3.63) is 29.8 Å². The van der Waals surface area contributed by atoms with Crippen LogP contribution in [0.2, 0.25) is 0 Å². The molecule has 0 aliphatic rings. The average molecular weight is 350 g/mol. The Morgan fingerprint density at radius 2 is 1.36 bits per heavy atom. The summed E-state index contributed by atoms with van der Waals surface area (Å²) in [6.45, 7) is 0.305. The number of rotatable bonds is 14. The van der Waals surface area contributed by atoms with Crippen LogP contribution >= 0.6 is 0 Å². The molecule has 0 aliphatic carbocycles. The number of carboxylic acids is 1. The minimum absolute atomic E-state index is 0.149. The lowest BCUT2D eigenvalue weighted by atomic mass is 10.1. The van der Waals surface area contributed by atoms with Crippen LogP contribution in [0.1, 0.15) is 69.8 Å². The third-order valence-electron chi connectivity index (χ3n) is 4.08. The number of aliphatic carboxylic acids is 1. The Morgan fingerprint density at radius 1 is 0.840 bits per heavy atom. The molecule has 0 amide bonds. The second-order valence-electron chi connectivity index (χ2n) is 6.23. The minimum Gasteiger partial charge on any atom is -0.497 e. The molecule has 25 heavy (non-hydrogen) atoms. The molecule has 1 aromatic rings. The minimum atomic E-state index is -0.709. The molecule has 0 atom stereocenters. The lowest BCUT2D eigenvalue weighted by molar-refractivity contribution is -0.145. The van der Waals surface area contributed by atoms with Crippen LogP contribution in [0, 0.1) is 0 Å². The molecule has 0 fully saturated rings. The second-order valence-corrected chi connectivity index (χ2v) is 6.23. The molecule has 1 rings (SSSR count). The molecule has 1 aromatic carbocycles. The molecule has 0 radical (unpaired) electrons. The quantitative estimate of drug-likeness (QED) is 0.388. The highest BCUT2D eigenvalue weighted by molar-refractivity contribution is 5.69. The van der Waals surface area contributed by atoms with Gasteiger partial charge in [0.05, 0.1) is 7.11 Å². The molecule has 0 heterocycles. The van der Waals surface area contributed by atoms with Crippen LogP contribution in [0.5, 0.6) is 5.75 Å². The van der Waals surface area contributed by atoms with Crippen molar-refractivity contribution < 1.29 is 24.2 Å². The van der Waals surface area contributed by atoms with Gasteiger partial charge in [-0.3, -0.25) is 9.59 Å². The van der Waals surface area contributed by atoms with Gasteiger partial charge in [0.15, 0.2) is 0 Å². The monoisotopic (exact) mass is 350 g/mol. The Bertz CT molecular complexity index is 495. The molecule has 0 saturated carbocycles. The number of unbranched alkanes of at least 4 members (excludes halogenated alkanes) is 7. The maximum Gasteiger partial charge on any atom is 0.306 e. The Labute approximate surface area is 150 Å². The van der Waals surface area contributed by atoms with Crippen LogP contribution in [-0.4, -0.2) is 24.2 Å². The number of ether oxygens (including phenoxy) is 2. The fraction of sp³-hybridized carbons (Fsp3) is 0.600. The molecule has 0 unspecified atom stereocenters. The van der Waals surface area contributed by atoms with Gasteiger partial charge in [0.1, 0.15) is 12.4 Å². The van der Waals surface area contributed by atoms with E-state index in [4.69, 9.17) is 14.6 Å². The summed E-state index contributed by atoms with van der Waals surface area (Å²) >= 11 is 0. The Hall–Kier alpha value is -2.04. The van der Waals surface area contributed by atoms with E-state index in [0.29, 0.717) is 13.0 Å². The molecule has 0 saturated heterocycles. The molecule has 1 N–H and O–H groups in total. The molecule has 5 nitrogen and oxygen atoms in total. The van der Waals surface area contributed by atoms with E-state index in [-0.39, 0.29) is 12.4 Å². The molecule has 5 heteroatoms. The van der Waals surface area contributed by atoms with Gasteiger partial charge in [-0.05, 0) is 30.5 Å². The highest BCUT2D eigenvalue weighted by Gasteiger charge is 2.04. The molecule has 140 valence electrons. The normalized spacial score (nSPS) is 10.4. The smallest absolute Gasteiger partial charge is 0.306 e. The summed E-state index contributed by atoms with van der Waals surface area (Å²) in [7, 11) is 1.62. The lowest BCUT2D eigenvalue weighted by Crippen LogP contribution is -2.04. The SMILES string of the molecule is COc1ccc(COC(=O)CCCCCCCCCCC(=O)O)cc1. The summed E-state index contributed by atoms with van der Waals surface area (Å²) in [5.74, 6) is -0.0691. The van der Waals surface area contributed by atoms with Gasteiger partial charge in [-0.2, -0.15) is 0 Å². The number of carboxylic acid groups (broad SMARTS) is 1. The van der Waals surface area contributed by atoms with Crippen LogP contribution in [0.25, 0.3) is 0 Å². The summed E-state index contributed by atoms with van der Waals surface area (Å²) in [6, 6.07) is 7.49. The summed E-state index contributed by atoms with van der Waals surface area (Å²) in [6.07, 6.45) is 8.90. The van der Waals surface area contributed by atoms with Gasteiger partial charge in [0.2, 0.25) is 0 Å². The van der Waals surface area contributed by atoms with Crippen molar-refractivity contribution in [1.82, 2.24) is 0 Å². The highest BCUT2D eigenvalue weighted by atomic mass is 16.5. The van der Waals surface area contributed by atoms with E-state index in [2.05, 4.69) is 0 Å². The number of benzene rings is 1. The van der Waals surface area contributed by atoms with Crippen LogP contribution in [-0.2, 0) is 20.9 Å². The summed E-state index contributed by atoms with van der Waals surface area (Å²) in [4.78, 5) is 22.1. The molecule has 0 bridgehead atoms. The highest BCUT2D eigenvalue weighted by Crippen LogP contribution is 2.13. The van der Waals surface area contributed by atoms with Crippen LogP contribution in [0.15, 0.2) is 24.3 Å². The Balaban J connectivity index is 1.93. The maximum absolute atomic E-state index is 11.7. The number of carbonyl (C=O) groups is 2. The zero-order valence-corrected chi connectivity index (χ0v) is 15.2. The van der Waals surface area contributed by atoms with Crippen molar-refractivity contribution in [1.29, 1.82) is 0 Å². The predicted octanol–water partition coefficient (Wildman–Crippen LogP) is 4.72. The van der Waals surface area contributed by atoms with Crippen LogP contribution in [0.4, 0.5) is 0 Å². The molecule has 0 aliphatic heterocycles. The Morgan fingerprint density at radius 3 is 1.88 bits per heavy atom. The first kappa shape index (κ1) is 21.0. The number of methoxy groups -OCH3 is 1. The number of hydrogen-bond acceptors (Lipinski definition) is 4. The molecule has 0 spiro atoms. The molecular weight excluding hydrogens is 320 g/mol. The zero-order valence-electron chi connectivity index (χ0n) is 15.2. The van der Waals surface area contributed by atoms with Crippen LogP contribution in [0.3, 0.4) is 0 Å². The number of hydrogen-bond donors (Lipinski definition) is 1. The van der Waals surface area contributed by atoms with Crippen molar-refractivity contribution in [2.45, 2.75) is 70.8 Å². The van der Waals surface area contributed by atoms with Crippen molar-refractivity contribution in [2.75, 3.05) is 7.11 Å². The third kappa shape index (κ3) is 11.2. The van der Waals surface area contributed by atoms with Crippen LogP contribution < -0.4 is 4.74 Å². The zero-order chi connectivity index (χ0) is 18.3. The van der Waals surface area contributed by atoms with E-state index in [0.717, 1.165) is 62.7 Å². The van der Waals surface area contributed by atoms with Gasteiger partial charge in [0, 0.05) is 12.8 Å². The van der Waals surface area contributed by atoms with Gasteiger partial charge in [-0.25, -0.2) is 0 Å². The van der Waals surface area contributed by atoms with E-state index in [1.54, 1.807) is 7.11 Å². The van der Waals surface area contributed by atoms with E-state index >= 15 is 0 Å². The fourth-order valence-corrected chi connectivity index (χ4v) is 2.56. The van der Waals surface area contributed by atoms with Gasteiger partial charge >= 0.3 is 11.9 Å². The topological polar surface area (TPSA) is 72.8 Å². The maximum atomic E-state index is 11.7. The van der Waals surface area contributed by atoms with E-state index in [9.17, 15) is 9.59 Å². The van der Waals surface area contributed by atoms with Crippen molar-refractivity contribution in [3.63, 3.8) is 0 Å². The standard InChI is InChI=1S/C20H30O5/c1-24-18-14-12-17(13-15-18)16-25-20(23)11-9-7-5-3-2-4-6-8-10-19(21)22/h12-15H,2-11,16H2,1H3,(H,21,22). The second kappa shape index (κ2) is 13.3. The largest absolute Gasteiger partial charge is 0.497 e. The molecular formula is C20H30O5. The van der Waals surface area contributed by atoms with E-state index in [1.807, 2.05) is 24.3 Å². The third-order valence-corrected chi connectivity index (χ3v) is 4.08. The van der Waals surface area contributed by atoms with E-state index < -0.39 is 5.97 Å². The van der Waals surface area contributed by atoms with Gasteiger partial charge in [-0.1, -0.05) is 50.7 Å². The van der Waals surface area contributed by atoms with Crippen molar-refractivity contribution >= 4 is 11.9 Å². The first-order chi connectivity index (χ1) is 12.1. The predicted molar refractivity (Wildman–Crippen MR) is 96.6 cm³/mol.